The van der Waals surface area contributed by atoms with Gasteiger partial charge in [0.2, 0.25) is 0 Å². The van der Waals surface area contributed by atoms with E-state index >= 15 is 0 Å². The Morgan fingerprint density at radius 2 is 2.06 bits per heavy atom. The van der Waals surface area contributed by atoms with Gasteiger partial charge in [0.05, 0.1) is 6.61 Å². The Bertz CT molecular complexity index is 391. The molecule has 0 aliphatic heterocycles. The molecule has 0 radical (unpaired) electrons. The lowest BCUT2D eigenvalue weighted by Crippen LogP contribution is -2.37. The first-order valence-corrected chi connectivity index (χ1v) is 6.67. The highest BCUT2D eigenvalue weighted by Gasteiger charge is 2.18. The van der Waals surface area contributed by atoms with Gasteiger partial charge in [0.25, 0.3) is 0 Å². The van der Waals surface area contributed by atoms with E-state index in [0.717, 1.165) is 24.8 Å². The molecule has 0 aromatic heterocycles. The van der Waals surface area contributed by atoms with Gasteiger partial charge in [-0.05, 0) is 31.0 Å². The molecule has 0 amide bonds. The van der Waals surface area contributed by atoms with Gasteiger partial charge in [0.1, 0.15) is 0 Å². The second-order valence-electron chi connectivity index (χ2n) is 4.21. The van der Waals surface area contributed by atoms with E-state index in [1.54, 1.807) is 18.2 Å². The molecule has 1 N–H and O–H groups in total. The van der Waals surface area contributed by atoms with Crippen LogP contribution in [0.4, 0.5) is 5.69 Å². The van der Waals surface area contributed by atoms with E-state index in [-0.39, 0.29) is 6.61 Å². The number of nitrogens with zero attached hydrogens (tertiary/aromatic N) is 1. The maximum Gasteiger partial charge on any atom is 0.152 e. The quantitative estimate of drug-likeness (QED) is 0.773. The van der Waals surface area contributed by atoms with Crippen LogP contribution in [0.1, 0.15) is 37.0 Å². The summed E-state index contributed by atoms with van der Waals surface area (Å²) < 4.78 is 0. The summed E-state index contributed by atoms with van der Waals surface area (Å²) >= 11 is 6.00. The molecule has 0 aliphatic carbocycles. The van der Waals surface area contributed by atoms with Gasteiger partial charge in [-0.3, -0.25) is 4.79 Å². The lowest BCUT2D eigenvalue weighted by molar-refractivity contribution is 0.112. The molecule has 0 unspecified atom stereocenters. The van der Waals surface area contributed by atoms with E-state index in [9.17, 15) is 9.90 Å². The lowest BCUT2D eigenvalue weighted by Gasteiger charge is -2.33. The Morgan fingerprint density at radius 1 is 1.39 bits per heavy atom. The van der Waals surface area contributed by atoms with Crippen LogP contribution >= 0.6 is 11.6 Å². The molecule has 100 valence electrons. The van der Waals surface area contributed by atoms with Crippen LogP contribution in [-0.4, -0.2) is 30.6 Å². The van der Waals surface area contributed by atoms with Crippen molar-refractivity contribution in [1.82, 2.24) is 0 Å². The van der Waals surface area contributed by atoms with Crippen molar-refractivity contribution < 1.29 is 9.90 Å². The van der Waals surface area contributed by atoms with Crippen molar-refractivity contribution in [3.63, 3.8) is 0 Å². The molecular formula is C14H20ClNO2. The van der Waals surface area contributed by atoms with Crippen molar-refractivity contribution in [1.29, 1.82) is 0 Å². The first-order chi connectivity index (χ1) is 8.67. The topological polar surface area (TPSA) is 40.5 Å². The number of rotatable bonds is 7. The van der Waals surface area contributed by atoms with Crippen LogP contribution in [0.2, 0.25) is 5.02 Å². The zero-order valence-electron chi connectivity index (χ0n) is 10.9. The summed E-state index contributed by atoms with van der Waals surface area (Å²) in [6.45, 7) is 4.77. The van der Waals surface area contributed by atoms with Crippen molar-refractivity contribution in [2.24, 2.45) is 0 Å². The van der Waals surface area contributed by atoms with Crippen LogP contribution in [-0.2, 0) is 0 Å². The number of anilines is 1. The van der Waals surface area contributed by atoms with E-state index in [2.05, 4.69) is 18.7 Å². The van der Waals surface area contributed by atoms with Crippen molar-refractivity contribution in [2.75, 3.05) is 18.1 Å². The number of hydrogen-bond donors (Lipinski definition) is 1. The molecule has 0 spiro atoms. The minimum Gasteiger partial charge on any atom is -0.395 e. The van der Waals surface area contributed by atoms with Crippen LogP contribution in [0.5, 0.6) is 0 Å². The Morgan fingerprint density at radius 3 is 2.56 bits per heavy atom. The predicted molar refractivity (Wildman–Crippen MR) is 75.6 cm³/mol. The van der Waals surface area contributed by atoms with Crippen LogP contribution in [0.25, 0.3) is 0 Å². The van der Waals surface area contributed by atoms with Crippen molar-refractivity contribution >= 4 is 23.6 Å². The first kappa shape index (κ1) is 15.0. The molecule has 3 nitrogen and oxygen atoms in total. The molecule has 1 aromatic rings. The van der Waals surface area contributed by atoms with Gasteiger partial charge in [0.15, 0.2) is 6.29 Å². The summed E-state index contributed by atoms with van der Waals surface area (Å²) in [5, 5.41) is 9.81. The number of carbonyl (C=O) groups excluding carboxylic acids is 1. The Labute approximate surface area is 113 Å². The first-order valence-electron chi connectivity index (χ1n) is 6.30. The smallest absolute Gasteiger partial charge is 0.152 e. The molecule has 0 aliphatic rings. The molecule has 1 aromatic carbocycles. The molecule has 18 heavy (non-hydrogen) atoms. The van der Waals surface area contributed by atoms with Crippen LogP contribution in [0.15, 0.2) is 18.2 Å². The minimum absolute atomic E-state index is 0.0569. The van der Waals surface area contributed by atoms with E-state index in [0.29, 0.717) is 23.2 Å². The highest BCUT2D eigenvalue weighted by atomic mass is 35.5. The van der Waals surface area contributed by atoms with Crippen LogP contribution in [0.3, 0.4) is 0 Å². The van der Waals surface area contributed by atoms with Crippen LogP contribution in [0, 0.1) is 0 Å². The number of benzene rings is 1. The third-order valence-electron chi connectivity index (χ3n) is 3.15. The summed E-state index contributed by atoms with van der Waals surface area (Å²) in [6, 6.07) is 5.52. The molecule has 0 bridgehead atoms. The minimum atomic E-state index is 0.0569. The molecule has 0 heterocycles. The van der Waals surface area contributed by atoms with Crippen molar-refractivity contribution in [3.8, 4) is 0 Å². The number of aliphatic hydroxyl groups is 1. The highest BCUT2D eigenvalue weighted by molar-refractivity contribution is 6.31. The van der Waals surface area contributed by atoms with E-state index in [1.165, 1.54) is 0 Å². The fraction of sp³-hybridized carbons (Fsp3) is 0.500. The number of halogens is 1. The Kier molecular flexibility index (Phi) is 6.16. The average molecular weight is 270 g/mol. The van der Waals surface area contributed by atoms with Crippen molar-refractivity contribution in [2.45, 2.75) is 32.7 Å². The fourth-order valence-corrected chi connectivity index (χ4v) is 2.37. The van der Waals surface area contributed by atoms with Gasteiger partial charge in [-0.2, -0.15) is 0 Å². The molecule has 1 rings (SSSR count). The fourth-order valence-electron chi connectivity index (χ4n) is 2.20. The largest absolute Gasteiger partial charge is 0.395 e. The molecule has 0 fully saturated rings. The molecule has 0 atom stereocenters. The highest BCUT2D eigenvalue weighted by Crippen LogP contribution is 2.27. The summed E-state index contributed by atoms with van der Waals surface area (Å²) in [5.74, 6) is 0. The van der Waals surface area contributed by atoms with Gasteiger partial charge in [-0.15, -0.1) is 0 Å². The third-order valence-corrected chi connectivity index (χ3v) is 3.39. The number of carbonyl (C=O) groups is 1. The number of aldehydes is 1. The van der Waals surface area contributed by atoms with E-state index in [4.69, 9.17) is 11.6 Å². The SMILES string of the molecule is CCC(CC)N(CCO)c1cc(Cl)ccc1C=O. The van der Waals surface area contributed by atoms with Gasteiger partial charge in [0, 0.05) is 28.9 Å². The molecular weight excluding hydrogens is 250 g/mol. The third kappa shape index (κ3) is 3.47. The molecule has 4 heteroatoms. The van der Waals surface area contributed by atoms with Gasteiger partial charge in [-0.1, -0.05) is 25.4 Å². The maximum atomic E-state index is 11.1. The van der Waals surface area contributed by atoms with Crippen molar-refractivity contribution in [3.05, 3.63) is 28.8 Å². The van der Waals surface area contributed by atoms with Gasteiger partial charge >= 0.3 is 0 Å². The van der Waals surface area contributed by atoms with Gasteiger partial charge in [-0.25, -0.2) is 0 Å². The lowest BCUT2D eigenvalue weighted by atomic mass is 10.1. The second-order valence-corrected chi connectivity index (χ2v) is 4.64. The summed E-state index contributed by atoms with van der Waals surface area (Å²) in [7, 11) is 0. The average Bonchev–Trinajstić information content (AvgIpc) is 2.39. The zero-order valence-corrected chi connectivity index (χ0v) is 11.7. The Hall–Kier alpha value is -1.06. The van der Waals surface area contributed by atoms with Crippen LogP contribution < -0.4 is 4.90 Å². The zero-order chi connectivity index (χ0) is 13.5. The summed E-state index contributed by atoms with van der Waals surface area (Å²) in [6.07, 6.45) is 2.75. The monoisotopic (exact) mass is 269 g/mol. The molecule has 0 saturated heterocycles. The van der Waals surface area contributed by atoms with E-state index in [1.807, 2.05) is 0 Å². The Balaban J connectivity index is 3.18. The number of aliphatic hydroxyl groups excluding tert-OH is 1. The predicted octanol–water partition coefficient (Wildman–Crippen LogP) is 3.14. The second kappa shape index (κ2) is 7.39. The summed E-state index contributed by atoms with van der Waals surface area (Å²) in [5.41, 5.74) is 1.42. The summed E-state index contributed by atoms with van der Waals surface area (Å²) in [4.78, 5) is 13.2. The molecule has 0 saturated carbocycles. The number of hydrogen-bond acceptors (Lipinski definition) is 3. The van der Waals surface area contributed by atoms with Gasteiger partial charge < -0.3 is 10.0 Å². The normalized spacial score (nSPS) is 10.7. The standard InChI is InChI=1S/C14H20ClNO2/c1-3-13(4-2)16(7-8-17)14-9-12(15)6-5-11(14)10-18/h5-6,9-10,13,17H,3-4,7-8H2,1-2H3. The maximum absolute atomic E-state index is 11.1. The van der Waals surface area contributed by atoms with E-state index < -0.39 is 0 Å².